The summed E-state index contributed by atoms with van der Waals surface area (Å²) in [6, 6.07) is 30.6. The van der Waals surface area contributed by atoms with Gasteiger partial charge in [0.05, 0.1) is 28.9 Å². The molecule has 3 heterocycles. The van der Waals surface area contributed by atoms with Crippen molar-refractivity contribution in [3.63, 3.8) is 0 Å². The highest BCUT2D eigenvalue weighted by Crippen LogP contribution is 2.38. The molecule has 3 aromatic carbocycles. The largest absolute Gasteiger partial charge is 0.467 e. The lowest BCUT2D eigenvalue weighted by atomic mass is 10.1. The zero-order valence-corrected chi connectivity index (χ0v) is 24.0. The molecule has 0 aliphatic rings. The van der Waals surface area contributed by atoms with Crippen LogP contribution in [0.15, 0.2) is 91.0 Å². The number of fused-ring (bicyclic) bond motifs is 3. The van der Waals surface area contributed by atoms with Gasteiger partial charge in [0.25, 0.3) is 6.47 Å². The van der Waals surface area contributed by atoms with Crippen molar-refractivity contribution in [2.45, 2.75) is 33.3 Å². The Hall–Kier alpha value is -5.37. The van der Waals surface area contributed by atoms with Gasteiger partial charge >= 0.3 is 5.97 Å². The molecule has 0 radical (unpaired) electrons. The smallest absolute Gasteiger partial charge is 0.303 e. The van der Waals surface area contributed by atoms with Crippen LogP contribution in [0.5, 0.6) is 0 Å². The van der Waals surface area contributed by atoms with E-state index in [1.54, 1.807) is 0 Å². The van der Waals surface area contributed by atoms with Crippen LogP contribution in [-0.2, 0) is 38.5 Å². The van der Waals surface area contributed by atoms with Gasteiger partial charge in [-0.1, -0.05) is 43.3 Å². The number of esters is 1. The minimum Gasteiger partial charge on any atom is -0.467 e. The predicted molar refractivity (Wildman–Crippen MR) is 168 cm³/mol. The Morgan fingerprint density at radius 3 is 1.67 bits per heavy atom. The molecular formula is C35H30N4O4. The van der Waals surface area contributed by atoms with E-state index >= 15 is 0 Å². The van der Waals surface area contributed by atoms with Gasteiger partial charge in [-0.2, -0.15) is 0 Å². The maximum atomic E-state index is 11.4. The van der Waals surface area contributed by atoms with E-state index in [1.165, 1.54) is 6.92 Å². The van der Waals surface area contributed by atoms with Gasteiger partial charge in [-0.25, -0.2) is 4.98 Å². The first-order valence-electron chi connectivity index (χ1n) is 14.2. The molecule has 0 fully saturated rings. The zero-order chi connectivity index (χ0) is 29.8. The number of aromatic nitrogens is 3. The first-order chi connectivity index (χ1) is 21.0. The summed E-state index contributed by atoms with van der Waals surface area (Å²) in [5, 5.41) is 3.05. The van der Waals surface area contributed by atoms with Crippen LogP contribution in [-0.4, -0.2) is 34.0 Å². The molecule has 0 aliphatic carbocycles. The van der Waals surface area contributed by atoms with E-state index in [-0.39, 0.29) is 19.2 Å². The summed E-state index contributed by atoms with van der Waals surface area (Å²) >= 11 is 0. The third-order valence-electron chi connectivity index (χ3n) is 7.30. The molecule has 8 nitrogen and oxygen atoms in total. The molecule has 43 heavy (non-hydrogen) atoms. The predicted octanol–water partition coefficient (Wildman–Crippen LogP) is 7.14. The standard InChI is InChI=1S/C35H30N4O4/c1-3-27-10-4-24-7-13-30(18-33(24)36-27)39(31-14-8-25-5-11-28(16-17-42-22-40)37-34(25)19-31)32-15-9-26-6-12-29(21-43-23(2)41)38-35(26)20-32/h4-15,18-20,22H,3,16-17,21H2,1-2H3. The highest BCUT2D eigenvalue weighted by atomic mass is 16.5. The number of aryl methyl sites for hydroxylation is 1. The summed E-state index contributed by atoms with van der Waals surface area (Å²) in [7, 11) is 0. The Morgan fingerprint density at radius 1 is 0.698 bits per heavy atom. The SMILES string of the molecule is CCc1ccc2ccc(N(c3ccc4ccc(CCOC=O)nc4c3)c3ccc4ccc(COC(C)=O)nc4c3)cc2n1. The fraction of sp³-hybridized carbons (Fsp3) is 0.171. The average Bonchev–Trinajstić information content (AvgIpc) is 3.03. The summed E-state index contributed by atoms with van der Waals surface area (Å²) in [6.07, 6.45) is 1.39. The lowest BCUT2D eigenvalue weighted by molar-refractivity contribution is -0.142. The molecule has 6 aromatic rings. The maximum absolute atomic E-state index is 11.4. The quantitative estimate of drug-likeness (QED) is 0.0974. The molecule has 0 bridgehead atoms. The Morgan fingerprint density at radius 2 is 1.16 bits per heavy atom. The van der Waals surface area contributed by atoms with E-state index in [4.69, 9.17) is 24.4 Å². The second-order valence-electron chi connectivity index (χ2n) is 10.2. The third-order valence-corrected chi connectivity index (χ3v) is 7.30. The average molecular weight is 571 g/mol. The summed E-state index contributed by atoms with van der Waals surface area (Å²) in [5.74, 6) is -0.345. The van der Waals surface area contributed by atoms with Crippen molar-refractivity contribution in [2.24, 2.45) is 0 Å². The van der Waals surface area contributed by atoms with Gasteiger partial charge in [-0.05, 0) is 61.0 Å². The van der Waals surface area contributed by atoms with Crippen molar-refractivity contribution in [2.75, 3.05) is 11.5 Å². The van der Waals surface area contributed by atoms with Gasteiger partial charge in [0, 0.05) is 58.0 Å². The van der Waals surface area contributed by atoms with Gasteiger partial charge in [0.2, 0.25) is 0 Å². The van der Waals surface area contributed by atoms with E-state index in [0.717, 1.165) is 67.6 Å². The number of hydrogen-bond donors (Lipinski definition) is 0. The number of anilines is 3. The minimum absolute atomic E-state index is 0.117. The second-order valence-corrected chi connectivity index (χ2v) is 10.2. The van der Waals surface area contributed by atoms with E-state index in [1.807, 2.05) is 36.4 Å². The third kappa shape index (κ3) is 6.13. The number of rotatable bonds is 10. The fourth-order valence-corrected chi connectivity index (χ4v) is 5.11. The molecule has 0 saturated carbocycles. The molecule has 0 amide bonds. The van der Waals surface area contributed by atoms with E-state index in [0.29, 0.717) is 18.6 Å². The lowest BCUT2D eigenvalue weighted by Gasteiger charge is -2.26. The number of carbonyl (C=O) groups is 2. The molecule has 8 heteroatoms. The summed E-state index contributed by atoms with van der Waals surface area (Å²) in [6.45, 7) is 4.34. The molecule has 214 valence electrons. The van der Waals surface area contributed by atoms with Crippen LogP contribution < -0.4 is 4.90 Å². The molecule has 0 atom stereocenters. The molecule has 0 N–H and O–H groups in total. The Labute approximate surface area is 248 Å². The fourth-order valence-electron chi connectivity index (χ4n) is 5.11. The maximum Gasteiger partial charge on any atom is 0.303 e. The highest BCUT2D eigenvalue weighted by Gasteiger charge is 2.16. The van der Waals surface area contributed by atoms with Crippen LogP contribution in [0.1, 0.15) is 30.9 Å². The normalized spacial score (nSPS) is 11.1. The number of pyridine rings is 3. The van der Waals surface area contributed by atoms with Crippen molar-refractivity contribution in [1.82, 2.24) is 15.0 Å². The lowest BCUT2D eigenvalue weighted by Crippen LogP contribution is -2.10. The number of carbonyl (C=O) groups excluding carboxylic acids is 2. The first-order valence-corrected chi connectivity index (χ1v) is 14.2. The molecule has 0 unspecified atom stereocenters. The van der Waals surface area contributed by atoms with Crippen LogP contribution in [0.2, 0.25) is 0 Å². The highest BCUT2D eigenvalue weighted by molar-refractivity contribution is 5.92. The van der Waals surface area contributed by atoms with Crippen molar-refractivity contribution in [3.05, 3.63) is 108 Å². The van der Waals surface area contributed by atoms with E-state index in [2.05, 4.69) is 66.4 Å². The topological polar surface area (TPSA) is 94.5 Å². The van der Waals surface area contributed by atoms with Gasteiger partial charge in [-0.15, -0.1) is 0 Å². The summed E-state index contributed by atoms with van der Waals surface area (Å²) in [4.78, 5) is 38.7. The zero-order valence-electron chi connectivity index (χ0n) is 24.0. The minimum atomic E-state index is -0.345. The number of benzene rings is 3. The summed E-state index contributed by atoms with van der Waals surface area (Å²) < 4.78 is 10.1. The molecule has 0 spiro atoms. The number of nitrogens with zero attached hydrogens (tertiary/aromatic N) is 4. The second kappa shape index (κ2) is 12.2. The van der Waals surface area contributed by atoms with Crippen molar-refractivity contribution >= 4 is 62.2 Å². The molecule has 3 aromatic heterocycles. The molecule has 0 aliphatic heterocycles. The number of hydrogen-bond acceptors (Lipinski definition) is 8. The molecular weight excluding hydrogens is 540 g/mol. The van der Waals surface area contributed by atoms with Crippen LogP contribution in [0, 0.1) is 0 Å². The van der Waals surface area contributed by atoms with Crippen LogP contribution in [0.4, 0.5) is 17.1 Å². The Kier molecular flexibility index (Phi) is 7.91. The van der Waals surface area contributed by atoms with Gasteiger partial charge in [-0.3, -0.25) is 19.6 Å². The Balaban J connectivity index is 1.48. The van der Waals surface area contributed by atoms with E-state index < -0.39 is 0 Å². The van der Waals surface area contributed by atoms with Crippen LogP contribution in [0.25, 0.3) is 32.7 Å². The van der Waals surface area contributed by atoms with Crippen LogP contribution in [0.3, 0.4) is 0 Å². The van der Waals surface area contributed by atoms with Gasteiger partial charge in [0.1, 0.15) is 6.61 Å². The van der Waals surface area contributed by atoms with Crippen molar-refractivity contribution in [3.8, 4) is 0 Å². The monoisotopic (exact) mass is 570 g/mol. The molecule has 0 saturated heterocycles. The van der Waals surface area contributed by atoms with Crippen molar-refractivity contribution in [1.29, 1.82) is 0 Å². The first kappa shape index (κ1) is 27.8. The molecule has 6 rings (SSSR count). The Bertz CT molecular complexity index is 1970. The van der Waals surface area contributed by atoms with Crippen LogP contribution >= 0.6 is 0 Å². The van der Waals surface area contributed by atoms with E-state index in [9.17, 15) is 9.59 Å². The van der Waals surface area contributed by atoms with Gasteiger partial charge < -0.3 is 14.4 Å². The summed E-state index contributed by atoms with van der Waals surface area (Å²) in [5.41, 5.74) is 7.86. The van der Waals surface area contributed by atoms with Crippen molar-refractivity contribution < 1.29 is 19.1 Å². The van der Waals surface area contributed by atoms with Gasteiger partial charge in [0.15, 0.2) is 0 Å². The number of ether oxygens (including phenoxy) is 2.